The highest BCUT2D eigenvalue weighted by Gasteiger charge is 2.32. The maximum absolute atomic E-state index is 8.06. The van der Waals surface area contributed by atoms with E-state index in [-0.39, 0.29) is 6.04 Å². The minimum Gasteiger partial charge on any atom is -0.289 e. The van der Waals surface area contributed by atoms with Gasteiger partial charge in [0.2, 0.25) is 0 Å². The second-order valence-corrected chi connectivity index (χ2v) is 1.40. The van der Waals surface area contributed by atoms with Crippen LogP contribution in [0.5, 0.6) is 0 Å². The Kier molecular flexibility index (Phi) is 0.637. The topological polar surface area (TPSA) is 50.6 Å². The average Bonchev–Trinajstić information content (AvgIpc) is 2.43. The molecule has 0 N–H and O–H groups in total. The zero-order valence-corrected chi connectivity index (χ0v) is 3.63. The van der Waals surface area contributed by atoms with Crippen molar-refractivity contribution < 1.29 is 0 Å². The molecule has 0 aromatic carbocycles. The predicted octanol–water partition coefficient (Wildman–Crippen LogP) is -0.325. The van der Waals surface area contributed by atoms with Gasteiger partial charge in [0.1, 0.15) is 6.04 Å². The molecular weight excluding hydrogens is 90.1 g/mol. The van der Waals surface area contributed by atoms with E-state index in [2.05, 4.69) is 0 Å². The smallest absolute Gasteiger partial charge is 0.180 e. The summed E-state index contributed by atoms with van der Waals surface area (Å²) in [6, 6.07) is 1.84. The van der Waals surface area contributed by atoms with E-state index in [0.717, 1.165) is 0 Å². The predicted molar refractivity (Wildman–Crippen MR) is 21.7 cm³/mol. The zero-order valence-electron chi connectivity index (χ0n) is 3.63. The van der Waals surface area contributed by atoms with Gasteiger partial charge in [0.15, 0.2) is 6.19 Å². The highest BCUT2D eigenvalue weighted by atomic mass is 15.3. The molecule has 0 aromatic heterocycles. The van der Waals surface area contributed by atoms with Gasteiger partial charge in [0, 0.05) is 0 Å². The summed E-state index contributed by atoms with van der Waals surface area (Å²) in [5.74, 6) is 0. The molecule has 1 atom stereocenters. The number of hydrogen-bond donors (Lipinski definition) is 0. The molecule has 0 spiro atoms. The Labute approximate surface area is 41.4 Å². The van der Waals surface area contributed by atoms with Gasteiger partial charge in [-0.15, -0.1) is 0 Å². The number of rotatable bonds is 0. The Balaban J connectivity index is 2.39. The van der Waals surface area contributed by atoms with Gasteiger partial charge in [-0.25, -0.2) is 0 Å². The molecular formula is C4H3N3. The summed E-state index contributed by atoms with van der Waals surface area (Å²) in [6.45, 7) is 0.632. The van der Waals surface area contributed by atoms with E-state index < -0.39 is 0 Å². The number of hydrogen-bond acceptors (Lipinski definition) is 3. The first-order valence-corrected chi connectivity index (χ1v) is 1.94. The first-order valence-electron chi connectivity index (χ1n) is 1.94. The normalized spacial score (nSPS) is 25.4. The van der Waals surface area contributed by atoms with Crippen molar-refractivity contribution in [2.45, 2.75) is 6.04 Å². The van der Waals surface area contributed by atoms with Crippen molar-refractivity contribution in [3.8, 4) is 12.3 Å². The molecule has 0 saturated carbocycles. The minimum absolute atomic E-state index is 0.106. The van der Waals surface area contributed by atoms with Crippen molar-refractivity contribution in [2.24, 2.45) is 0 Å². The van der Waals surface area contributed by atoms with Gasteiger partial charge in [-0.05, 0) is 0 Å². The largest absolute Gasteiger partial charge is 0.289 e. The van der Waals surface area contributed by atoms with Crippen LogP contribution in [-0.4, -0.2) is 17.5 Å². The van der Waals surface area contributed by atoms with E-state index >= 15 is 0 Å². The van der Waals surface area contributed by atoms with Gasteiger partial charge < -0.3 is 0 Å². The summed E-state index contributed by atoms with van der Waals surface area (Å²) in [4.78, 5) is 1.42. The molecule has 3 nitrogen and oxygen atoms in total. The fourth-order valence-corrected chi connectivity index (χ4v) is 0.360. The third-order valence-corrected chi connectivity index (χ3v) is 0.890. The Bertz CT molecular complexity index is 131. The van der Waals surface area contributed by atoms with Crippen LogP contribution in [0.15, 0.2) is 0 Å². The van der Waals surface area contributed by atoms with Crippen molar-refractivity contribution >= 4 is 0 Å². The molecule has 1 aliphatic heterocycles. The third-order valence-electron chi connectivity index (χ3n) is 0.890. The Morgan fingerprint density at radius 2 is 2.29 bits per heavy atom. The number of nitrogens with zero attached hydrogens (tertiary/aromatic N) is 3. The average molecular weight is 93.1 g/mol. The lowest BCUT2D eigenvalue weighted by molar-refractivity contribution is 0.757. The molecule has 3 heteroatoms. The van der Waals surface area contributed by atoms with Crippen molar-refractivity contribution in [3.05, 3.63) is 0 Å². The van der Waals surface area contributed by atoms with Crippen LogP contribution in [0, 0.1) is 22.8 Å². The first-order chi connectivity index (χ1) is 3.38. The van der Waals surface area contributed by atoms with Crippen molar-refractivity contribution in [1.29, 1.82) is 10.5 Å². The Hall–Kier alpha value is -1.22. The number of nitriles is 2. The molecule has 1 heterocycles. The second-order valence-electron chi connectivity index (χ2n) is 1.40. The van der Waals surface area contributed by atoms with Crippen LogP contribution in [0.4, 0.5) is 0 Å². The maximum Gasteiger partial charge on any atom is 0.180 e. The van der Waals surface area contributed by atoms with Crippen LogP contribution in [0.1, 0.15) is 0 Å². The van der Waals surface area contributed by atoms with Crippen LogP contribution in [-0.2, 0) is 0 Å². The summed E-state index contributed by atoms with van der Waals surface area (Å²) < 4.78 is 0. The van der Waals surface area contributed by atoms with Gasteiger partial charge >= 0.3 is 0 Å². The van der Waals surface area contributed by atoms with Gasteiger partial charge in [0.05, 0.1) is 12.6 Å². The summed E-state index contributed by atoms with van der Waals surface area (Å²) in [6.07, 6.45) is 1.85. The lowest BCUT2D eigenvalue weighted by Gasteiger charge is -1.72. The molecule has 1 aliphatic rings. The van der Waals surface area contributed by atoms with Gasteiger partial charge in [0.25, 0.3) is 0 Å². The molecule has 1 fully saturated rings. The van der Waals surface area contributed by atoms with E-state index in [1.807, 2.05) is 12.3 Å². The fourth-order valence-electron chi connectivity index (χ4n) is 0.360. The van der Waals surface area contributed by atoms with E-state index in [1.54, 1.807) is 0 Å². The summed E-state index contributed by atoms with van der Waals surface area (Å²) in [7, 11) is 0. The fraction of sp³-hybridized carbons (Fsp3) is 0.500. The van der Waals surface area contributed by atoms with E-state index in [9.17, 15) is 0 Å². The third kappa shape index (κ3) is 0.479. The Morgan fingerprint density at radius 1 is 1.57 bits per heavy atom. The quantitative estimate of drug-likeness (QED) is 0.304. The lowest BCUT2D eigenvalue weighted by atomic mass is 10.5. The highest BCUT2D eigenvalue weighted by molar-refractivity contribution is 5.10. The van der Waals surface area contributed by atoms with Crippen LogP contribution in [0.3, 0.4) is 0 Å². The molecule has 0 radical (unpaired) electrons. The van der Waals surface area contributed by atoms with Gasteiger partial charge in [-0.2, -0.15) is 10.5 Å². The summed E-state index contributed by atoms with van der Waals surface area (Å²) in [5, 5.41) is 16.1. The molecule has 7 heavy (non-hydrogen) atoms. The molecule has 1 saturated heterocycles. The van der Waals surface area contributed by atoms with Crippen LogP contribution >= 0.6 is 0 Å². The minimum atomic E-state index is -0.106. The lowest BCUT2D eigenvalue weighted by Crippen LogP contribution is -1.86. The molecule has 0 bridgehead atoms. The summed E-state index contributed by atoms with van der Waals surface area (Å²) >= 11 is 0. The van der Waals surface area contributed by atoms with Crippen molar-refractivity contribution in [1.82, 2.24) is 4.90 Å². The molecule has 1 unspecified atom stereocenters. The molecule has 34 valence electrons. The van der Waals surface area contributed by atoms with Crippen LogP contribution < -0.4 is 0 Å². The Morgan fingerprint density at radius 3 is 2.43 bits per heavy atom. The second kappa shape index (κ2) is 1.13. The highest BCUT2D eigenvalue weighted by Crippen LogP contribution is 2.12. The first kappa shape index (κ1) is 3.95. The van der Waals surface area contributed by atoms with E-state index in [4.69, 9.17) is 10.5 Å². The molecule has 1 rings (SSSR count). The summed E-state index contributed by atoms with van der Waals surface area (Å²) in [5.41, 5.74) is 0. The standard InChI is InChI=1S/C4H3N3/c5-1-4-2-7(4)3-6/h4H,2H2. The SMILES string of the molecule is N#CC1CN1C#N. The van der Waals surface area contributed by atoms with Crippen molar-refractivity contribution in [2.75, 3.05) is 6.54 Å². The zero-order chi connectivity index (χ0) is 5.28. The molecule has 0 aromatic rings. The van der Waals surface area contributed by atoms with Crippen molar-refractivity contribution in [3.63, 3.8) is 0 Å². The van der Waals surface area contributed by atoms with E-state index in [1.165, 1.54) is 4.90 Å². The maximum atomic E-state index is 8.06. The molecule has 0 amide bonds. The van der Waals surface area contributed by atoms with E-state index in [0.29, 0.717) is 6.54 Å². The monoisotopic (exact) mass is 93.0 g/mol. The van der Waals surface area contributed by atoms with Gasteiger partial charge in [-0.1, -0.05) is 0 Å². The van der Waals surface area contributed by atoms with Crippen LogP contribution in [0.2, 0.25) is 0 Å². The molecule has 0 aliphatic carbocycles. The van der Waals surface area contributed by atoms with Gasteiger partial charge in [-0.3, -0.25) is 4.90 Å². The van der Waals surface area contributed by atoms with Crippen LogP contribution in [0.25, 0.3) is 0 Å².